The average Bonchev–Trinajstić information content (AvgIpc) is 2.29. The molecular formula is C11H9ClN2O2S. The van der Waals surface area contributed by atoms with Gasteiger partial charge in [0.05, 0.1) is 23.9 Å². The Labute approximate surface area is 108 Å². The zero-order chi connectivity index (χ0) is 12.4. The molecule has 88 valence electrons. The highest BCUT2D eigenvalue weighted by atomic mass is 35.5. The molecule has 4 nitrogen and oxygen atoms in total. The number of nitrogens with zero attached hydrogens (tertiary/aromatic N) is 2. The fourth-order valence-electron chi connectivity index (χ4n) is 1.41. The maximum Gasteiger partial charge on any atom is 0.314 e. The van der Waals surface area contributed by atoms with Crippen LogP contribution in [0.2, 0.25) is 5.02 Å². The van der Waals surface area contributed by atoms with E-state index in [4.69, 9.17) is 16.3 Å². The Balaban J connectivity index is 2.65. The summed E-state index contributed by atoms with van der Waals surface area (Å²) in [5, 5.41) is 4.52. The quantitative estimate of drug-likeness (QED) is 0.849. The second-order valence-corrected chi connectivity index (χ2v) is 4.18. The minimum atomic E-state index is -0.373. The van der Waals surface area contributed by atoms with Crippen molar-refractivity contribution in [3.05, 3.63) is 45.8 Å². The summed E-state index contributed by atoms with van der Waals surface area (Å²) in [6.45, 7) is 0. The van der Waals surface area contributed by atoms with Gasteiger partial charge in [-0.25, -0.2) is 0 Å². The highest BCUT2D eigenvalue weighted by molar-refractivity contribution is 7.80. The lowest BCUT2D eigenvalue weighted by Crippen LogP contribution is -2.22. The SMILES string of the molecule is COc1c(S)cnn(-c2cccc(Cl)c2)c1=O. The van der Waals surface area contributed by atoms with Gasteiger partial charge in [-0.05, 0) is 18.2 Å². The minimum absolute atomic E-state index is 0.156. The number of thiol groups is 1. The first-order valence-corrected chi connectivity index (χ1v) is 5.57. The van der Waals surface area contributed by atoms with Crippen LogP contribution in [-0.4, -0.2) is 16.9 Å². The molecule has 0 N–H and O–H groups in total. The molecule has 0 amide bonds. The first-order chi connectivity index (χ1) is 8.13. The normalized spacial score (nSPS) is 10.3. The summed E-state index contributed by atoms with van der Waals surface area (Å²) < 4.78 is 6.20. The maximum atomic E-state index is 12.0. The second-order valence-electron chi connectivity index (χ2n) is 3.26. The Morgan fingerprint density at radius 2 is 2.24 bits per heavy atom. The molecule has 6 heteroatoms. The number of aromatic nitrogens is 2. The smallest absolute Gasteiger partial charge is 0.314 e. The molecule has 0 aliphatic carbocycles. The van der Waals surface area contributed by atoms with E-state index in [0.717, 1.165) is 0 Å². The Morgan fingerprint density at radius 3 is 2.88 bits per heavy atom. The summed E-state index contributed by atoms with van der Waals surface area (Å²) in [6, 6.07) is 6.85. The monoisotopic (exact) mass is 268 g/mol. The van der Waals surface area contributed by atoms with E-state index in [0.29, 0.717) is 15.6 Å². The molecule has 0 bridgehead atoms. The van der Waals surface area contributed by atoms with Crippen LogP contribution in [0.25, 0.3) is 5.69 Å². The summed E-state index contributed by atoms with van der Waals surface area (Å²) in [7, 11) is 1.42. The lowest BCUT2D eigenvalue weighted by Gasteiger charge is -2.08. The molecule has 0 unspecified atom stereocenters. The van der Waals surface area contributed by atoms with E-state index in [1.807, 2.05) is 0 Å². The van der Waals surface area contributed by atoms with E-state index in [2.05, 4.69) is 17.7 Å². The third-order valence-electron chi connectivity index (χ3n) is 2.17. The maximum absolute atomic E-state index is 12.0. The van der Waals surface area contributed by atoms with E-state index in [-0.39, 0.29) is 11.3 Å². The molecule has 2 rings (SSSR count). The highest BCUT2D eigenvalue weighted by Crippen LogP contribution is 2.17. The summed E-state index contributed by atoms with van der Waals surface area (Å²) in [5.41, 5.74) is 0.205. The lowest BCUT2D eigenvalue weighted by atomic mass is 10.3. The summed E-state index contributed by atoms with van der Waals surface area (Å²) in [6.07, 6.45) is 1.45. The van der Waals surface area contributed by atoms with E-state index in [1.165, 1.54) is 18.0 Å². The number of methoxy groups -OCH3 is 1. The number of halogens is 1. The standard InChI is InChI=1S/C11H9ClN2O2S/c1-16-10-9(17)6-13-14(11(10)15)8-4-2-3-7(12)5-8/h2-6,17H,1H3. The van der Waals surface area contributed by atoms with Gasteiger partial charge in [0.25, 0.3) is 0 Å². The first kappa shape index (κ1) is 12.0. The molecule has 1 aromatic carbocycles. The molecule has 0 spiro atoms. The van der Waals surface area contributed by atoms with Gasteiger partial charge in [-0.3, -0.25) is 4.79 Å². The van der Waals surface area contributed by atoms with Crippen LogP contribution in [0, 0.1) is 0 Å². The van der Waals surface area contributed by atoms with Crippen molar-refractivity contribution in [1.29, 1.82) is 0 Å². The fraction of sp³-hybridized carbons (Fsp3) is 0.0909. The zero-order valence-corrected chi connectivity index (χ0v) is 10.6. The van der Waals surface area contributed by atoms with Gasteiger partial charge >= 0.3 is 5.56 Å². The molecule has 1 aromatic heterocycles. The van der Waals surface area contributed by atoms with Crippen molar-refractivity contribution in [2.75, 3.05) is 7.11 Å². The molecular weight excluding hydrogens is 260 g/mol. The van der Waals surface area contributed by atoms with Crippen LogP contribution < -0.4 is 10.3 Å². The topological polar surface area (TPSA) is 44.1 Å². The summed E-state index contributed by atoms with van der Waals surface area (Å²) in [4.78, 5) is 12.4. The van der Waals surface area contributed by atoms with E-state index in [9.17, 15) is 4.79 Å². The van der Waals surface area contributed by atoms with Gasteiger partial charge < -0.3 is 4.74 Å². The van der Waals surface area contributed by atoms with Crippen molar-refractivity contribution in [3.8, 4) is 11.4 Å². The van der Waals surface area contributed by atoms with Crippen LogP contribution in [0.5, 0.6) is 5.75 Å². The van der Waals surface area contributed by atoms with Gasteiger partial charge in [-0.2, -0.15) is 9.78 Å². The third-order valence-corrected chi connectivity index (χ3v) is 2.73. The van der Waals surface area contributed by atoms with Crippen LogP contribution in [0.1, 0.15) is 0 Å². The van der Waals surface area contributed by atoms with Crippen LogP contribution >= 0.6 is 24.2 Å². The van der Waals surface area contributed by atoms with Crippen LogP contribution in [0.15, 0.2) is 40.2 Å². The van der Waals surface area contributed by atoms with Crippen LogP contribution in [0.4, 0.5) is 0 Å². The van der Waals surface area contributed by atoms with Crippen LogP contribution in [-0.2, 0) is 0 Å². The van der Waals surface area contributed by atoms with Crippen molar-refractivity contribution in [3.63, 3.8) is 0 Å². The van der Waals surface area contributed by atoms with Crippen molar-refractivity contribution >= 4 is 24.2 Å². The van der Waals surface area contributed by atoms with Gasteiger partial charge in [-0.15, -0.1) is 12.6 Å². The first-order valence-electron chi connectivity index (χ1n) is 4.74. The molecule has 0 aliphatic rings. The zero-order valence-electron chi connectivity index (χ0n) is 8.92. The second kappa shape index (κ2) is 4.81. The molecule has 0 saturated heterocycles. The molecule has 1 heterocycles. The van der Waals surface area contributed by atoms with E-state index >= 15 is 0 Å². The van der Waals surface area contributed by atoms with Gasteiger partial charge in [-0.1, -0.05) is 17.7 Å². The molecule has 0 atom stereocenters. The van der Waals surface area contributed by atoms with Crippen molar-refractivity contribution in [2.45, 2.75) is 4.90 Å². The van der Waals surface area contributed by atoms with Gasteiger partial charge in [0, 0.05) is 5.02 Å². The van der Waals surface area contributed by atoms with Crippen molar-refractivity contribution in [1.82, 2.24) is 9.78 Å². The molecule has 17 heavy (non-hydrogen) atoms. The molecule has 0 saturated carbocycles. The number of hydrogen-bond donors (Lipinski definition) is 1. The van der Waals surface area contributed by atoms with Gasteiger partial charge in [0.15, 0.2) is 0 Å². The predicted octanol–water partition coefficient (Wildman–Crippen LogP) is 2.18. The van der Waals surface area contributed by atoms with Crippen LogP contribution in [0.3, 0.4) is 0 Å². The molecule has 2 aromatic rings. The number of hydrogen-bond acceptors (Lipinski definition) is 4. The predicted molar refractivity (Wildman–Crippen MR) is 68.6 cm³/mol. The lowest BCUT2D eigenvalue weighted by molar-refractivity contribution is 0.392. The Bertz CT molecular complexity index is 613. The van der Waals surface area contributed by atoms with Gasteiger partial charge in [0.2, 0.25) is 5.75 Å². The summed E-state index contributed by atoms with van der Waals surface area (Å²) >= 11 is 9.96. The fourth-order valence-corrected chi connectivity index (χ4v) is 1.84. The molecule has 0 aliphatic heterocycles. The number of benzene rings is 1. The van der Waals surface area contributed by atoms with Gasteiger partial charge in [0.1, 0.15) is 0 Å². The average molecular weight is 269 g/mol. The number of rotatable bonds is 2. The van der Waals surface area contributed by atoms with Crippen molar-refractivity contribution < 1.29 is 4.74 Å². The Kier molecular flexibility index (Phi) is 3.40. The molecule has 0 radical (unpaired) electrons. The summed E-state index contributed by atoms with van der Waals surface area (Å²) in [5.74, 6) is 0.156. The Hall–Kier alpha value is -1.46. The third kappa shape index (κ3) is 2.30. The van der Waals surface area contributed by atoms with E-state index in [1.54, 1.807) is 24.3 Å². The van der Waals surface area contributed by atoms with Crippen molar-refractivity contribution in [2.24, 2.45) is 0 Å². The Morgan fingerprint density at radius 1 is 1.47 bits per heavy atom. The minimum Gasteiger partial charge on any atom is -0.490 e. The largest absolute Gasteiger partial charge is 0.490 e. The van der Waals surface area contributed by atoms with E-state index < -0.39 is 0 Å². The molecule has 0 fully saturated rings. The highest BCUT2D eigenvalue weighted by Gasteiger charge is 2.10. The number of ether oxygens (including phenoxy) is 1.